The van der Waals surface area contributed by atoms with E-state index in [1.54, 1.807) is 0 Å². The fraction of sp³-hybridized carbons (Fsp3) is 0.682. The molecule has 0 saturated carbocycles. The van der Waals surface area contributed by atoms with Crippen molar-refractivity contribution in [3.63, 3.8) is 0 Å². The maximum Gasteiger partial charge on any atom is 0.231 e. The summed E-state index contributed by atoms with van der Waals surface area (Å²) in [6.07, 6.45) is 3.27. The van der Waals surface area contributed by atoms with Crippen LogP contribution in [0.2, 0.25) is 0 Å². The van der Waals surface area contributed by atoms with E-state index in [9.17, 15) is 0 Å². The van der Waals surface area contributed by atoms with E-state index in [1.807, 2.05) is 6.07 Å². The Morgan fingerprint density at radius 3 is 2.59 bits per heavy atom. The molecule has 0 aliphatic carbocycles. The fourth-order valence-electron chi connectivity index (χ4n) is 3.73. The van der Waals surface area contributed by atoms with E-state index in [1.165, 1.54) is 51.3 Å². The summed E-state index contributed by atoms with van der Waals surface area (Å²) in [6, 6.07) is 6.15. The number of nitrogens with one attached hydrogen (secondary N) is 2. The minimum absolute atomic E-state index is 0.323. The number of piperazine rings is 1. The second kappa shape index (κ2) is 11.9. The fourth-order valence-corrected chi connectivity index (χ4v) is 3.73. The van der Waals surface area contributed by atoms with Gasteiger partial charge in [-0.25, -0.2) is 0 Å². The lowest BCUT2D eigenvalue weighted by molar-refractivity contribution is 0.136. The minimum atomic E-state index is 0.323. The average Bonchev–Trinajstić information content (AvgIpc) is 3.22. The number of aliphatic imine (C=N–C) groups is 1. The lowest BCUT2D eigenvalue weighted by Gasteiger charge is -2.33. The first-order chi connectivity index (χ1) is 14.3. The van der Waals surface area contributed by atoms with Crippen molar-refractivity contribution in [2.24, 2.45) is 4.99 Å². The maximum absolute atomic E-state index is 5.45. The van der Waals surface area contributed by atoms with Crippen LogP contribution >= 0.6 is 0 Å². The Hall–Kier alpha value is -1.99. The van der Waals surface area contributed by atoms with Gasteiger partial charge in [0.15, 0.2) is 17.5 Å². The third-order valence-corrected chi connectivity index (χ3v) is 5.55. The van der Waals surface area contributed by atoms with Gasteiger partial charge in [-0.05, 0) is 57.0 Å². The van der Waals surface area contributed by atoms with Crippen LogP contribution in [0.5, 0.6) is 11.5 Å². The first kappa shape index (κ1) is 21.7. The van der Waals surface area contributed by atoms with Crippen molar-refractivity contribution < 1.29 is 9.47 Å². The topological polar surface area (TPSA) is 61.4 Å². The number of ether oxygens (including phenoxy) is 2. The van der Waals surface area contributed by atoms with Crippen LogP contribution < -0.4 is 20.1 Å². The molecule has 0 atom stereocenters. The Morgan fingerprint density at radius 1 is 1.00 bits per heavy atom. The first-order valence-electron chi connectivity index (χ1n) is 11.1. The van der Waals surface area contributed by atoms with Gasteiger partial charge in [0.25, 0.3) is 0 Å². The number of likely N-dealkylation sites (N-methyl/N-ethyl adjacent to an activating group) is 1. The van der Waals surface area contributed by atoms with Gasteiger partial charge in [-0.1, -0.05) is 13.0 Å². The van der Waals surface area contributed by atoms with Crippen molar-refractivity contribution >= 4 is 5.96 Å². The number of hydrogen-bond acceptors (Lipinski definition) is 5. The average molecular weight is 404 g/mol. The summed E-state index contributed by atoms with van der Waals surface area (Å²) in [4.78, 5) is 9.85. The predicted molar refractivity (Wildman–Crippen MR) is 118 cm³/mol. The molecule has 2 N–H and O–H groups in total. The maximum atomic E-state index is 5.45. The molecule has 0 aromatic heterocycles. The third kappa shape index (κ3) is 7.08. The molecule has 0 bridgehead atoms. The largest absolute Gasteiger partial charge is 0.454 e. The molecule has 29 heavy (non-hydrogen) atoms. The molecule has 7 heteroatoms. The van der Waals surface area contributed by atoms with Gasteiger partial charge in [0.2, 0.25) is 6.79 Å². The molecule has 7 nitrogen and oxygen atoms in total. The van der Waals surface area contributed by atoms with Gasteiger partial charge < -0.3 is 29.9 Å². The van der Waals surface area contributed by atoms with Crippen LogP contribution in [-0.2, 0) is 6.42 Å². The van der Waals surface area contributed by atoms with E-state index in [0.717, 1.165) is 49.9 Å². The van der Waals surface area contributed by atoms with Crippen molar-refractivity contribution in [3.8, 4) is 11.5 Å². The molecule has 0 amide bonds. The Kier molecular flexibility index (Phi) is 8.89. The zero-order valence-corrected chi connectivity index (χ0v) is 18.1. The van der Waals surface area contributed by atoms with Crippen LogP contribution in [0.3, 0.4) is 0 Å². The quantitative estimate of drug-likeness (QED) is 0.354. The van der Waals surface area contributed by atoms with Gasteiger partial charge in [-0.2, -0.15) is 0 Å². The van der Waals surface area contributed by atoms with E-state index in [0.29, 0.717) is 6.79 Å². The Bertz CT molecular complexity index is 644. The molecule has 0 radical (unpaired) electrons. The number of rotatable bonds is 10. The Balaban J connectivity index is 1.32. The number of fused-ring (bicyclic) bond motifs is 1. The molecule has 162 valence electrons. The van der Waals surface area contributed by atoms with E-state index in [2.05, 4.69) is 46.4 Å². The molecule has 1 aromatic carbocycles. The van der Waals surface area contributed by atoms with Crippen molar-refractivity contribution in [1.29, 1.82) is 0 Å². The van der Waals surface area contributed by atoms with Gasteiger partial charge in [0.05, 0.1) is 0 Å². The van der Waals surface area contributed by atoms with Gasteiger partial charge in [-0.15, -0.1) is 0 Å². The molecule has 3 rings (SSSR count). The highest BCUT2D eigenvalue weighted by Crippen LogP contribution is 2.32. The molecular weight excluding hydrogens is 366 g/mol. The molecule has 1 fully saturated rings. The van der Waals surface area contributed by atoms with E-state index in [4.69, 9.17) is 14.5 Å². The number of unbranched alkanes of at least 4 members (excludes halogenated alkanes) is 1. The lowest BCUT2D eigenvalue weighted by atomic mass is 10.1. The number of guanidine groups is 1. The van der Waals surface area contributed by atoms with Crippen molar-refractivity contribution in [1.82, 2.24) is 20.4 Å². The van der Waals surface area contributed by atoms with Gasteiger partial charge in [0.1, 0.15) is 0 Å². The van der Waals surface area contributed by atoms with E-state index >= 15 is 0 Å². The highest BCUT2D eigenvalue weighted by atomic mass is 16.7. The molecule has 1 aromatic rings. The zero-order chi connectivity index (χ0) is 20.3. The summed E-state index contributed by atoms with van der Waals surface area (Å²) >= 11 is 0. The Morgan fingerprint density at radius 2 is 1.79 bits per heavy atom. The summed E-state index contributed by atoms with van der Waals surface area (Å²) in [5.74, 6) is 2.59. The van der Waals surface area contributed by atoms with Gasteiger partial charge >= 0.3 is 0 Å². The van der Waals surface area contributed by atoms with E-state index in [-0.39, 0.29) is 0 Å². The van der Waals surface area contributed by atoms with Gasteiger partial charge in [-0.3, -0.25) is 4.99 Å². The second-order valence-electron chi connectivity index (χ2n) is 7.61. The van der Waals surface area contributed by atoms with Crippen LogP contribution in [0.25, 0.3) is 0 Å². The van der Waals surface area contributed by atoms with Crippen LogP contribution in [0.1, 0.15) is 32.3 Å². The summed E-state index contributed by atoms with van der Waals surface area (Å²) in [6.45, 7) is 14.5. The predicted octanol–water partition coefficient (Wildman–Crippen LogP) is 1.93. The summed E-state index contributed by atoms with van der Waals surface area (Å²) in [5, 5.41) is 6.78. The number of nitrogens with zero attached hydrogens (tertiary/aromatic N) is 3. The third-order valence-electron chi connectivity index (χ3n) is 5.55. The SMILES string of the molecule is CCNC(=NCCCCN1CCN(CC)CC1)NCCc1ccc2c(c1)OCO2. The standard InChI is InChI=1S/C22H37N5O2/c1-3-23-22(24-10-5-6-12-27-15-13-26(4-2)14-16-27)25-11-9-19-7-8-20-21(17-19)29-18-28-20/h7-8,17H,3-6,9-16,18H2,1-2H3,(H2,23,24,25). The van der Waals surface area contributed by atoms with Crippen LogP contribution in [0, 0.1) is 0 Å². The highest BCUT2D eigenvalue weighted by molar-refractivity contribution is 5.79. The summed E-state index contributed by atoms with van der Waals surface area (Å²) < 4.78 is 10.8. The first-order valence-corrected chi connectivity index (χ1v) is 11.1. The van der Waals surface area contributed by atoms with Crippen molar-refractivity contribution in [2.45, 2.75) is 33.1 Å². The monoisotopic (exact) mass is 403 g/mol. The molecular formula is C22H37N5O2. The smallest absolute Gasteiger partial charge is 0.231 e. The molecule has 2 aliphatic rings. The van der Waals surface area contributed by atoms with Crippen molar-refractivity contribution in [2.75, 3.05) is 65.7 Å². The summed E-state index contributed by atoms with van der Waals surface area (Å²) in [5.41, 5.74) is 1.24. The number of hydrogen-bond donors (Lipinski definition) is 2. The van der Waals surface area contributed by atoms with Crippen LogP contribution in [0.4, 0.5) is 0 Å². The molecule has 0 unspecified atom stereocenters. The van der Waals surface area contributed by atoms with Crippen LogP contribution in [0.15, 0.2) is 23.2 Å². The van der Waals surface area contributed by atoms with Crippen molar-refractivity contribution in [3.05, 3.63) is 23.8 Å². The van der Waals surface area contributed by atoms with E-state index < -0.39 is 0 Å². The molecule has 0 spiro atoms. The van der Waals surface area contributed by atoms with Crippen LogP contribution in [-0.4, -0.2) is 81.5 Å². The zero-order valence-electron chi connectivity index (χ0n) is 18.1. The Labute approximate surface area is 175 Å². The molecule has 2 heterocycles. The highest BCUT2D eigenvalue weighted by Gasteiger charge is 2.14. The number of benzene rings is 1. The molecule has 1 saturated heterocycles. The lowest BCUT2D eigenvalue weighted by Crippen LogP contribution is -2.46. The minimum Gasteiger partial charge on any atom is -0.454 e. The second-order valence-corrected chi connectivity index (χ2v) is 7.61. The summed E-state index contributed by atoms with van der Waals surface area (Å²) in [7, 11) is 0. The normalized spacial score (nSPS) is 17.5. The van der Waals surface area contributed by atoms with Gasteiger partial charge in [0, 0.05) is 45.8 Å². The molecule has 2 aliphatic heterocycles.